The van der Waals surface area contributed by atoms with E-state index in [1.807, 2.05) is 0 Å². The number of nitrogens with zero attached hydrogens (tertiary/aromatic N) is 1. The van der Waals surface area contributed by atoms with E-state index in [-0.39, 0.29) is 6.54 Å². The summed E-state index contributed by atoms with van der Waals surface area (Å²) < 4.78 is 36.4. The van der Waals surface area contributed by atoms with Crippen LogP contribution in [-0.2, 0) is 9.59 Å². The van der Waals surface area contributed by atoms with Gasteiger partial charge in [-0.3, -0.25) is 9.59 Å². The molecule has 0 aliphatic heterocycles. The van der Waals surface area contributed by atoms with Crippen molar-refractivity contribution >= 4 is 11.9 Å². The monoisotopic (exact) mass is 242 g/mol. The van der Waals surface area contributed by atoms with Crippen LogP contribution in [0.1, 0.15) is 0 Å². The van der Waals surface area contributed by atoms with Crippen molar-refractivity contribution < 1.29 is 27.9 Å². The van der Waals surface area contributed by atoms with Crippen LogP contribution in [0.25, 0.3) is 0 Å². The maximum atomic E-state index is 12.1. The molecule has 0 aliphatic rings. The second-order valence-electron chi connectivity index (χ2n) is 3.35. The molecule has 8 heteroatoms. The number of carbonyl (C=O) groups excluding carboxylic acids is 1. The van der Waals surface area contributed by atoms with E-state index in [2.05, 4.69) is 5.32 Å². The number of hydrogen-bond acceptors (Lipinski definition) is 3. The van der Waals surface area contributed by atoms with Gasteiger partial charge in [0, 0.05) is 20.6 Å². The van der Waals surface area contributed by atoms with Gasteiger partial charge in [0.1, 0.15) is 0 Å². The molecule has 0 radical (unpaired) electrons. The molecule has 0 aromatic rings. The number of alkyl halides is 3. The van der Waals surface area contributed by atoms with Crippen molar-refractivity contribution in [2.45, 2.75) is 6.18 Å². The van der Waals surface area contributed by atoms with Gasteiger partial charge in [-0.2, -0.15) is 13.2 Å². The third-order valence-electron chi connectivity index (χ3n) is 1.82. The van der Waals surface area contributed by atoms with E-state index in [0.717, 1.165) is 0 Å². The van der Waals surface area contributed by atoms with Gasteiger partial charge >= 0.3 is 12.1 Å². The maximum Gasteiger partial charge on any atom is 0.403 e. The Morgan fingerprint density at radius 1 is 1.38 bits per heavy atom. The summed E-state index contributed by atoms with van der Waals surface area (Å²) in [5.74, 6) is -4.88. The number of halogens is 3. The normalized spacial score (nSPS) is 13.3. The number of carboxylic acids is 1. The van der Waals surface area contributed by atoms with Crippen molar-refractivity contribution in [3.63, 3.8) is 0 Å². The summed E-state index contributed by atoms with van der Waals surface area (Å²) in [6.45, 7) is -1.15. The van der Waals surface area contributed by atoms with Crippen molar-refractivity contribution in [3.8, 4) is 0 Å². The lowest BCUT2D eigenvalue weighted by atomic mass is 10.1. The Bertz CT molecular complexity index is 266. The molecule has 1 atom stereocenters. The van der Waals surface area contributed by atoms with Crippen molar-refractivity contribution in [3.05, 3.63) is 0 Å². The van der Waals surface area contributed by atoms with E-state index in [1.54, 1.807) is 0 Å². The van der Waals surface area contributed by atoms with Crippen LogP contribution in [-0.4, -0.2) is 55.2 Å². The summed E-state index contributed by atoms with van der Waals surface area (Å²) in [5.41, 5.74) is 0. The van der Waals surface area contributed by atoms with Gasteiger partial charge in [0.25, 0.3) is 0 Å². The molecule has 0 saturated carbocycles. The summed E-state index contributed by atoms with van der Waals surface area (Å²) in [4.78, 5) is 22.5. The Balaban J connectivity index is 4.16. The highest BCUT2D eigenvalue weighted by Gasteiger charge is 2.44. The van der Waals surface area contributed by atoms with Gasteiger partial charge in [-0.25, -0.2) is 0 Å². The van der Waals surface area contributed by atoms with Crippen LogP contribution in [0.2, 0.25) is 0 Å². The molecular formula is C8H13F3N2O3. The van der Waals surface area contributed by atoms with Gasteiger partial charge in [-0.15, -0.1) is 0 Å². The zero-order chi connectivity index (χ0) is 12.9. The van der Waals surface area contributed by atoms with E-state index in [9.17, 15) is 22.8 Å². The van der Waals surface area contributed by atoms with E-state index in [1.165, 1.54) is 19.0 Å². The molecule has 16 heavy (non-hydrogen) atoms. The quantitative estimate of drug-likeness (QED) is 0.708. The first-order valence-corrected chi connectivity index (χ1v) is 4.36. The largest absolute Gasteiger partial charge is 0.481 e. The first kappa shape index (κ1) is 14.7. The number of hydrogen-bond donors (Lipinski definition) is 2. The van der Waals surface area contributed by atoms with E-state index >= 15 is 0 Å². The van der Waals surface area contributed by atoms with Crippen molar-refractivity contribution in [1.82, 2.24) is 10.2 Å². The fraction of sp³-hybridized carbons (Fsp3) is 0.750. The van der Waals surface area contributed by atoms with Crippen LogP contribution in [0.5, 0.6) is 0 Å². The molecule has 0 heterocycles. The highest BCUT2D eigenvalue weighted by molar-refractivity contribution is 5.77. The Morgan fingerprint density at radius 3 is 2.19 bits per heavy atom. The zero-order valence-corrected chi connectivity index (χ0v) is 8.84. The predicted octanol–water partition coefficient (Wildman–Crippen LogP) is -0.0727. The first-order valence-electron chi connectivity index (χ1n) is 4.36. The van der Waals surface area contributed by atoms with Gasteiger partial charge in [-0.05, 0) is 0 Å². The van der Waals surface area contributed by atoms with Crippen LogP contribution in [0.15, 0.2) is 0 Å². The minimum absolute atomic E-state index is 0.327. The Labute approximate surface area is 90.2 Å². The summed E-state index contributed by atoms with van der Waals surface area (Å²) in [6.07, 6.45) is -4.82. The molecular weight excluding hydrogens is 229 g/mol. The third kappa shape index (κ3) is 4.96. The number of rotatable bonds is 5. The molecule has 0 aromatic carbocycles. The Hall–Kier alpha value is -1.31. The van der Waals surface area contributed by atoms with Crippen molar-refractivity contribution in [2.75, 3.05) is 27.2 Å². The lowest BCUT2D eigenvalue weighted by Gasteiger charge is -2.17. The zero-order valence-electron chi connectivity index (χ0n) is 8.84. The molecule has 0 spiro atoms. The second-order valence-corrected chi connectivity index (χ2v) is 3.35. The summed E-state index contributed by atoms with van der Waals surface area (Å²) in [6, 6.07) is 0. The molecule has 0 rings (SSSR count). The van der Waals surface area contributed by atoms with Crippen LogP contribution in [0.4, 0.5) is 13.2 Å². The molecule has 0 bridgehead atoms. The highest BCUT2D eigenvalue weighted by atomic mass is 19.4. The molecule has 5 nitrogen and oxygen atoms in total. The van der Waals surface area contributed by atoms with Gasteiger partial charge in [0.05, 0.1) is 6.54 Å². The van der Waals surface area contributed by atoms with Crippen molar-refractivity contribution in [2.24, 2.45) is 5.92 Å². The van der Waals surface area contributed by atoms with Crippen LogP contribution in [0.3, 0.4) is 0 Å². The fourth-order valence-electron chi connectivity index (χ4n) is 0.825. The SMILES string of the molecule is CN(C)C(=O)CNCC(C(=O)O)C(F)(F)F. The number of amides is 1. The van der Waals surface area contributed by atoms with E-state index in [0.29, 0.717) is 0 Å². The van der Waals surface area contributed by atoms with Crippen LogP contribution in [0, 0.1) is 5.92 Å². The summed E-state index contributed by atoms with van der Waals surface area (Å²) >= 11 is 0. The van der Waals surface area contributed by atoms with Gasteiger partial charge in [-0.1, -0.05) is 0 Å². The first-order chi connectivity index (χ1) is 7.16. The lowest BCUT2D eigenvalue weighted by molar-refractivity contribution is -0.192. The number of aliphatic carboxylic acids is 1. The number of likely N-dealkylation sites (N-methyl/N-ethyl adjacent to an activating group) is 1. The topological polar surface area (TPSA) is 69.6 Å². The molecule has 0 aromatic heterocycles. The summed E-state index contributed by atoms with van der Waals surface area (Å²) in [7, 11) is 2.89. The predicted molar refractivity (Wildman–Crippen MR) is 48.7 cm³/mol. The lowest BCUT2D eigenvalue weighted by Crippen LogP contribution is -2.42. The Morgan fingerprint density at radius 2 is 1.88 bits per heavy atom. The third-order valence-corrected chi connectivity index (χ3v) is 1.82. The standard InChI is InChI=1S/C8H13F3N2O3/c1-13(2)6(14)4-12-3-5(7(15)16)8(9,10)11/h5,12H,3-4H2,1-2H3,(H,15,16). The molecule has 0 saturated heterocycles. The highest BCUT2D eigenvalue weighted by Crippen LogP contribution is 2.25. The molecule has 2 N–H and O–H groups in total. The van der Waals surface area contributed by atoms with E-state index < -0.39 is 30.5 Å². The minimum atomic E-state index is -4.82. The fourth-order valence-corrected chi connectivity index (χ4v) is 0.825. The number of carbonyl (C=O) groups is 2. The number of carboxylic acid groups (broad SMARTS) is 1. The average Bonchev–Trinajstić information content (AvgIpc) is 2.08. The Kier molecular flexibility index (Phi) is 5.22. The van der Waals surface area contributed by atoms with Crippen LogP contribution < -0.4 is 5.32 Å². The molecule has 0 aliphatic carbocycles. The van der Waals surface area contributed by atoms with E-state index in [4.69, 9.17) is 5.11 Å². The molecule has 94 valence electrons. The second kappa shape index (κ2) is 5.69. The van der Waals surface area contributed by atoms with Gasteiger partial charge < -0.3 is 15.3 Å². The van der Waals surface area contributed by atoms with Crippen molar-refractivity contribution in [1.29, 1.82) is 0 Å². The number of nitrogens with one attached hydrogen (secondary N) is 1. The van der Waals surface area contributed by atoms with Gasteiger partial charge in [0.15, 0.2) is 5.92 Å². The average molecular weight is 242 g/mol. The summed E-state index contributed by atoms with van der Waals surface area (Å²) in [5, 5.41) is 10.5. The van der Waals surface area contributed by atoms with Gasteiger partial charge in [0.2, 0.25) is 5.91 Å². The molecule has 1 amide bonds. The molecule has 1 unspecified atom stereocenters. The molecule has 0 fully saturated rings. The minimum Gasteiger partial charge on any atom is -0.481 e. The maximum absolute atomic E-state index is 12.1. The van der Waals surface area contributed by atoms with Crippen LogP contribution >= 0.6 is 0 Å². The smallest absolute Gasteiger partial charge is 0.403 e.